The molecule has 0 fully saturated rings. The Labute approximate surface area is 110 Å². The van der Waals surface area contributed by atoms with E-state index in [1.807, 2.05) is 11.5 Å². The highest BCUT2D eigenvalue weighted by atomic mass is 35.5. The molecule has 2 rings (SSSR count). The van der Waals surface area contributed by atoms with Gasteiger partial charge in [0.1, 0.15) is 12.2 Å². The molecule has 18 heavy (non-hydrogen) atoms. The van der Waals surface area contributed by atoms with Gasteiger partial charge in [-0.05, 0) is 6.92 Å². The highest BCUT2D eigenvalue weighted by Crippen LogP contribution is 2.27. The number of aromatic nitrogens is 4. The van der Waals surface area contributed by atoms with Crippen LogP contribution in [0, 0.1) is 0 Å². The summed E-state index contributed by atoms with van der Waals surface area (Å²) < 4.78 is 12.2. The number of alkyl halides is 1. The second kappa shape index (κ2) is 5.49. The van der Waals surface area contributed by atoms with Gasteiger partial charge >= 0.3 is 0 Å². The van der Waals surface area contributed by atoms with E-state index in [2.05, 4.69) is 15.0 Å². The molecule has 1 unspecified atom stereocenters. The second-order valence-corrected chi connectivity index (χ2v) is 4.44. The van der Waals surface area contributed by atoms with Crippen molar-refractivity contribution in [2.24, 2.45) is 0 Å². The predicted molar refractivity (Wildman–Crippen MR) is 68.0 cm³/mol. The van der Waals surface area contributed by atoms with Crippen LogP contribution in [0.25, 0.3) is 11.2 Å². The number of imidazole rings is 1. The van der Waals surface area contributed by atoms with Crippen molar-refractivity contribution in [3.05, 3.63) is 12.2 Å². The van der Waals surface area contributed by atoms with Gasteiger partial charge in [-0.1, -0.05) is 0 Å². The quantitative estimate of drug-likeness (QED) is 0.775. The van der Waals surface area contributed by atoms with Crippen LogP contribution < -0.4 is 4.74 Å². The molecule has 0 spiro atoms. The Morgan fingerprint density at radius 2 is 2.17 bits per heavy atom. The molecule has 0 amide bonds. The van der Waals surface area contributed by atoms with Gasteiger partial charge < -0.3 is 14.0 Å². The third kappa shape index (κ3) is 2.26. The summed E-state index contributed by atoms with van der Waals surface area (Å²) in [6, 6.07) is 0. The highest BCUT2D eigenvalue weighted by molar-refractivity contribution is 6.20. The molecule has 1 atom stereocenters. The minimum Gasteiger partial charge on any atom is -0.479 e. The first-order valence-electron chi connectivity index (χ1n) is 5.57. The van der Waals surface area contributed by atoms with Crippen molar-refractivity contribution in [3.8, 4) is 5.88 Å². The molecule has 2 aromatic heterocycles. The molecule has 7 heteroatoms. The van der Waals surface area contributed by atoms with E-state index in [1.165, 1.54) is 6.33 Å². The molecule has 0 N–H and O–H groups in total. The number of halogens is 1. The Kier molecular flexibility index (Phi) is 3.98. The van der Waals surface area contributed by atoms with Crippen LogP contribution in [0.3, 0.4) is 0 Å². The van der Waals surface area contributed by atoms with E-state index in [0.29, 0.717) is 30.2 Å². The molecular formula is C11H15ClN4O2. The van der Waals surface area contributed by atoms with Crippen molar-refractivity contribution >= 4 is 22.8 Å². The third-order valence-electron chi connectivity index (χ3n) is 2.60. The van der Waals surface area contributed by atoms with E-state index in [0.717, 1.165) is 5.82 Å². The minimum absolute atomic E-state index is 0.222. The summed E-state index contributed by atoms with van der Waals surface area (Å²) in [7, 11) is 3.21. The smallest absolute Gasteiger partial charge is 0.245 e. The van der Waals surface area contributed by atoms with Crippen molar-refractivity contribution in [2.45, 2.75) is 18.8 Å². The monoisotopic (exact) mass is 270 g/mol. The van der Waals surface area contributed by atoms with E-state index in [-0.39, 0.29) is 5.38 Å². The number of rotatable bonds is 5. The topological polar surface area (TPSA) is 62.1 Å². The van der Waals surface area contributed by atoms with Gasteiger partial charge in [0.05, 0.1) is 19.1 Å². The number of ether oxygens (including phenoxy) is 2. The maximum atomic E-state index is 6.14. The summed E-state index contributed by atoms with van der Waals surface area (Å²) in [6.07, 6.45) is 1.45. The van der Waals surface area contributed by atoms with Crippen LogP contribution in [0.1, 0.15) is 18.1 Å². The van der Waals surface area contributed by atoms with Crippen LogP contribution in [0.15, 0.2) is 6.33 Å². The summed E-state index contributed by atoms with van der Waals surface area (Å²) in [6.45, 7) is 3.07. The van der Waals surface area contributed by atoms with Crippen LogP contribution in [-0.4, -0.2) is 40.3 Å². The number of hydrogen-bond acceptors (Lipinski definition) is 5. The predicted octanol–water partition coefficient (Wildman–Crippen LogP) is 1.78. The first kappa shape index (κ1) is 13.0. The zero-order chi connectivity index (χ0) is 13.1. The van der Waals surface area contributed by atoms with Crippen molar-refractivity contribution in [1.82, 2.24) is 19.5 Å². The van der Waals surface area contributed by atoms with Crippen LogP contribution >= 0.6 is 11.6 Å². The standard InChI is InChI=1S/C11H15ClN4O2/c1-7(12)9-15-8-10(16(9)4-5-17-2)13-6-14-11(8)18-3/h6-7H,4-5H2,1-3H3. The van der Waals surface area contributed by atoms with E-state index in [1.54, 1.807) is 14.2 Å². The molecule has 2 aromatic rings. The number of nitrogens with zero attached hydrogens (tertiary/aromatic N) is 4. The van der Waals surface area contributed by atoms with E-state index in [9.17, 15) is 0 Å². The molecule has 98 valence electrons. The van der Waals surface area contributed by atoms with Crippen molar-refractivity contribution in [1.29, 1.82) is 0 Å². The van der Waals surface area contributed by atoms with Gasteiger partial charge in [0.2, 0.25) is 5.88 Å². The Balaban J connectivity index is 2.59. The Morgan fingerprint density at radius 3 is 2.78 bits per heavy atom. The number of hydrogen-bond donors (Lipinski definition) is 0. The number of fused-ring (bicyclic) bond motifs is 1. The summed E-state index contributed by atoms with van der Waals surface area (Å²) in [5, 5.41) is -0.222. The summed E-state index contributed by atoms with van der Waals surface area (Å²) in [4.78, 5) is 12.7. The molecule has 6 nitrogen and oxygen atoms in total. The van der Waals surface area contributed by atoms with Gasteiger partial charge in [0.25, 0.3) is 0 Å². The average molecular weight is 271 g/mol. The molecule has 0 saturated heterocycles. The summed E-state index contributed by atoms with van der Waals surface area (Å²) in [5.41, 5.74) is 1.33. The lowest BCUT2D eigenvalue weighted by molar-refractivity contribution is 0.187. The van der Waals surface area contributed by atoms with Crippen LogP contribution in [0.4, 0.5) is 0 Å². The fourth-order valence-electron chi connectivity index (χ4n) is 1.79. The molecule has 2 heterocycles. The second-order valence-electron chi connectivity index (χ2n) is 3.79. The molecule has 0 aliphatic carbocycles. The third-order valence-corrected chi connectivity index (χ3v) is 2.79. The molecule has 0 aromatic carbocycles. The SMILES string of the molecule is COCCn1c(C(C)Cl)nc2c(OC)ncnc21. The molecule has 0 bridgehead atoms. The van der Waals surface area contributed by atoms with Gasteiger partial charge in [-0.2, -0.15) is 4.98 Å². The first-order valence-corrected chi connectivity index (χ1v) is 6.00. The van der Waals surface area contributed by atoms with Crippen LogP contribution in [-0.2, 0) is 11.3 Å². The van der Waals surface area contributed by atoms with E-state index in [4.69, 9.17) is 21.1 Å². The average Bonchev–Trinajstić information content (AvgIpc) is 2.75. The van der Waals surface area contributed by atoms with Gasteiger partial charge in [-0.15, -0.1) is 11.6 Å². The van der Waals surface area contributed by atoms with Crippen LogP contribution in [0.5, 0.6) is 5.88 Å². The van der Waals surface area contributed by atoms with Crippen molar-refractivity contribution < 1.29 is 9.47 Å². The van der Waals surface area contributed by atoms with Gasteiger partial charge in [-0.3, -0.25) is 0 Å². The largest absolute Gasteiger partial charge is 0.479 e. The summed E-state index contributed by atoms with van der Waals surface area (Å²) >= 11 is 6.14. The zero-order valence-electron chi connectivity index (χ0n) is 10.6. The molecule has 0 aliphatic heterocycles. The molecule has 0 aliphatic rings. The summed E-state index contributed by atoms with van der Waals surface area (Å²) in [5.74, 6) is 1.19. The lowest BCUT2D eigenvalue weighted by atomic mass is 10.4. The van der Waals surface area contributed by atoms with Gasteiger partial charge in [0.15, 0.2) is 11.2 Å². The van der Waals surface area contributed by atoms with Gasteiger partial charge in [0, 0.05) is 13.7 Å². The minimum atomic E-state index is -0.222. The Hall–Kier alpha value is -1.40. The van der Waals surface area contributed by atoms with E-state index < -0.39 is 0 Å². The lowest BCUT2D eigenvalue weighted by Gasteiger charge is -2.08. The van der Waals surface area contributed by atoms with Crippen molar-refractivity contribution in [3.63, 3.8) is 0 Å². The van der Waals surface area contributed by atoms with Gasteiger partial charge in [-0.25, -0.2) is 9.97 Å². The van der Waals surface area contributed by atoms with E-state index >= 15 is 0 Å². The maximum Gasteiger partial charge on any atom is 0.245 e. The highest BCUT2D eigenvalue weighted by Gasteiger charge is 2.18. The van der Waals surface area contributed by atoms with Crippen LogP contribution in [0.2, 0.25) is 0 Å². The Morgan fingerprint density at radius 1 is 1.39 bits per heavy atom. The molecular weight excluding hydrogens is 256 g/mol. The lowest BCUT2D eigenvalue weighted by Crippen LogP contribution is -2.09. The molecule has 0 saturated carbocycles. The van der Waals surface area contributed by atoms with Crippen molar-refractivity contribution in [2.75, 3.05) is 20.8 Å². The normalized spacial score (nSPS) is 12.9. The first-order chi connectivity index (χ1) is 8.69. The molecule has 0 radical (unpaired) electrons. The maximum absolute atomic E-state index is 6.14. The fourth-order valence-corrected chi connectivity index (χ4v) is 1.96. The zero-order valence-corrected chi connectivity index (χ0v) is 11.3. The fraction of sp³-hybridized carbons (Fsp3) is 0.545. The number of methoxy groups -OCH3 is 2. The Bertz CT molecular complexity index is 541.